The lowest BCUT2D eigenvalue weighted by molar-refractivity contribution is -0.117. The highest BCUT2D eigenvalue weighted by Crippen LogP contribution is 2.28. The maximum absolute atomic E-state index is 11.3. The van der Waals surface area contributed by atoms with E-state index < -0.39 is 0 Å². The fourth-order valence-corrected chi connectivity index (χ4v) is 3.28. The maximum atomic E-state index is 11.3. The molecule has 3 atom stereocenters. The van der Waals surface area contributed by atoms with Crippen molar-refractivity contribution in [1.29, 1.82) is 0 Å². The highest BCUT2D eigenvalue weighted by molar-refractivity contribution is 5.81. The van der Waals surface area contributed by atoms with Gasteiger partial charge in [0.2, 0.25) is 0 Å². The number of rotatable bonds is 1. The third kappa shape index (κ3) is 1.39. The number of carbonyl (C=O) groups excluding carboxylic acids is 1. The molecular weight excluding hydrogens is 176 g/mol. The minimum absolute atomic E-state index is 0.482. The Hall–Kier alpha value is -0.410. The maximum Gasteiger partial charge on any atom is 0.134 e. The van der Waals surface area contributed by atoms with E-state index in [1.165, 1.54) is 32.6 Å². The Morgan fingerprint density at radius 2 is 2.00 bits per heavy atom. The van der Waals surface area contributed by atoms with Gasteiger partial charge in [-0.05, 0) is 19.4 Å². The molecule has 3 heteroatoms. The van der Waals surface area contributed by atoms with E-state index in [9.17, 15) is 4.79 Å². The van der Waals surface area contributed by atoms with Crippen molar-refractivity contribution < 1.29 is 4.79 Å². The summed E-state index contributed by atoms with van der Waals surface area (Å²) in [6.07, 6.45) is 4.11. The van der Waals surface area contributed by atoms with Gasteiger partial charge in [0.15, 0.2) is 0 Å². The Kier molecular flexibility index (Phi) is 2.10. The predicted octanol–water partition coefficient (Wildman–Crippen LogP) is 0.498. The molecule has 3 fully saturated rings. The quantitative estimate of drug-likeness (QED) is 0.607. The molecule has 0 amide bonds. The third-order valence-corrected chi connectivity index (χ3v) is 4.08. The zero-order chi connectivity index (χ0) is 9.54. The van der Waals surface area contributed by atoms with Crippen LogP contribution in [0.25, 0.3) is 0 Å². The monoisotopic (exact) mass is 194 g/mol. The number of Topliss-reactive ketones (excluding diaryl/α,β-unsaturated/α-hetero) is 1. The van der Waals surface area contributed by atoms with Crippen molar-refractivity contribution in [2.75, 3.05) is 26.2 Å². The molecule has 0 aromatic rings. The molecule has 3 rings (SSSR count). The summed E-state index contributed by atoms with van der Waals surface area (Å²) in [7, 11) is 0. The second-order valence-corrected chi connectivity index (χ2v) is 4.92. The smallest absolute Gasteiger partial charge is 0.134 e. The molecule has 2 heterocycles. The Morgan fingerprint density at radius 1 is 1.07 bits per heavy atom. The van der Waals surface area contributed by atoms with Crippen LogP contribution in [0.4, 0.5) is 0 Å². The lowest BCUT2D eigenvalue weighted by Gasteiger charge is -2.38. The van der Waals surface area contributed by atoms with Gasteiger partial charge in [0.05, 0.1) is 0 Å². The zero-order valence-electron chi connectivity index (χ0n) is 8.61. The summed E-state index contributed by atoms with van der Waals surface area (Å²) in [4.78, 5) is 16.4. The highest BCUT2D eigenvalue weighted by Gasteiger charge is 2.38. The molecule has 0 aromatic heterocycles. The summed E-state index contributed by atoms with van der Waals surface area (Å²) in [5.41, 5.74) is 0. The van der Waals surface area contributed by atoms with Gasteiger partial charge in [-0.1, -0.05) is 0 Å². The number of fused-ring (bicyclic) bond motifs is 2. The number of piperazine rings is 1. The van der Waals surface area contributed by atoms with Crippen LogP contribution in [0.2, 0.25) is 0 Å². The first kappa shape index (κ1) is 8.86. The number of carbonyl (C=O) groups is 1. The molecule has 3 aliphatic rings. The van der Waals surface area contributed by atoms with Crippen LogP contribution < -0.4 is 0 Å². The third-order valence-electron chi connectivity index (χ3n) is 4.08. The molecule has 0 aromatic carbocycles. The van der Waals surface area contributed by atoms with E-state index in [2.05, 4.69) is 9.80 Å². The first-order valence-corrected chi connectivity index (χ1v) is 5.83. The van der Waals surface area contributed by atoms with Gasteiger partial charge >= 0.3 is 0 Å². The lowest BCUT2D eigenvalue weighted by atomic mass is 10.1. The van der Waals surface area contributed by atoms with E-state index in [0.29, 0.717) is 11.8 Å². The van der Waals surface area contributed by atoms with Crippen LogP contribution in [0.3, 0.4) is 0 Å². The molecule has 1 aliphatic carbocycles. The highest BCUT2D eigenvalue weighted by atomic mass is 16.1. The van der Waals surface area contributed by atoms with E-state index in [1.54, 1.807) is 0 Å². The van der Waals surface area contributed by atoms with E-state index >= 15 is 0 Å². The summed E-state index contributed by atoms with van der Waals surface area (Å²) >= 11 is 0. The van der Waals surface area contributed by atoms with E-state index in [0.717, 1.165) is 25.3 Å². The molecule has 0 radical (unpaired) electrons. The predicted molar refractivity (Wildman–Crippen MR) is 54.2 cm³/mol. The topological polar surface area (TPSA) is 23.6 Å². The van der Waals surface area contributed by atoms with Crippen LogP contribution >= 0.6 is 0 Å². The van der Waals surface area contributed by atoms with Gasteiger partial charge in [0.25, 0.3) is 0 Å². The Morgan fingerprint density at radius 3 is 2.79 bits per heavy atom. The molecule has 3 unspecified atom stereocenters. The average molecular weight is 194 g/mol. The normalized spacial score (nSPS) is 43.4. The summed E-state index contributed by atoms with van der Waals surface area (Å²) in [6, 6.07) is 1.35. The van der Waals surface area contributed by atoms with Crippen molar-refractivity contribution in [3.8, 4) is 0 Å². The van der Waals surface area contributed by atoms with Crippen molar-refractivity contribution >= 4 is 5.78 Å². The summed E-state index contributed by atoms with van der Waals surface area (Å²) in [5, 5.41) is 0. The number of hydrogen-bond acceptors (Lipinski definition) is 3. The van der Waals surface area contributed by atoms with E-state index in [1.807, 2.05) is 0 Å². The molecule has 1 saturated carbocycles. The minimum atomic E-state index is 0.482. The summed E-state index contributed by atoms with van der Waals surface area (Å²) in [5.74, 6) is 0.482. The van der Waals surface area contributed by atoms with Crippen molar-refractivity contribution in [1.82, 2.24) is 9.80 Å². The van der Waals surface area contributed by atoms with E-state index in [-0.39, 0.29) is 0 Å². The van der Waals surface area contributed by atoms with E-state index in [4.69, 9.17) is 0 Å². The molecule has 0 spiro atoms. The molecule has 2 bridgehead atoms. The zero-order valence-corrected chi connectivity index (χ0v) is 8.61. The van der Waals surface area contributed by atoms with Gasteiger partial charge in [0, 0.05) is 44.6 Å². The number of hydrogen-bond donors (Lipinski definition) is 0. The van der Waals surface area contributed by atoms with Crippen LogP contribution in [-0.4, -0.2) is 53.8 Å². The Balaban J connectivity index is 1.69. The molecule has 14 heavy (non-hydrogen) atoms. The van der Waals surface area contributed by atoms with Crippen molar-refractivity contribution in [3.63, 3.8) is 0 Å². The SMILES string of the molecule is O=C1CCC(N2CCN3CCC2C3)C1. The number of nitrogens with zero attached hydrogens (tertiary/aromatic N) is 2. The second kappa shape index (κ2) is 3.31. The van der Waals surface area contributed by atoms with Gasteiger partial charge in [-0.15, -0.1) is 0 Å². The van der Waals surface area contributed by atoms with Gasteiger partial charge < -0.3 is 4.90 Å². The summed E-state index contributed by atoms with van der Waals surface area (Å²) in [6.45, 7) is 4.95. The van der Waals surface area contributed by atoms with Crippen LogP contribution in [0.15, 0.2) is 0 Å². The first-order valence-electron chi connectivity index (χ1n) is 5.83. The van der Waals surface area contributed by atoms with Crippen molar-refractivity contribution in [2.24, 2.45) is 0 Å². The largest absolute Gasteiger partial charge is 0.300 e. The van der Waals surface area contributed by atoms with Crippen LogP contribution in [-0.2, 0) is 4.79 Å². The lowest BCUT2D eigenvalue weighted by Crippen LogP contribution is -2.50. The first-order chi connectivity index (χ1) is 6.83. The van der Waals surface area contributed by atoms with Crippen molar-refractivity contribution in [2.45, 2.75) is 37.8 Å². The molecule has 2 saturated heterocycles. The van der Waals surface area contributed by atoms with Gasteiger partial charge in [-0.25, -0.2) is 0 Å². The standard InChI is InChI=1S/C11H18N2O/c14-11-2-1-9(7-11)13-6-5-12-4-3-10(13)8-12/h9-10H,1-8H2. The van der Waals surface area contributed by atoms with Crippen LogP contribution in [0.1, 0.15) is 25.7 Å². The van der Waals surface area contributed by atoms with Crippen LogP contribution in [0, 0.1) is 0 Å². The second-order valence-electron chi connectivity index (χ2n) is 4.92. The van der Waals surface area contributed by atoms with Gasteiger partial charge in [0.1, 0.15) is 5.78 Å². The molecule has 3 nitrogen and oxygen atoms in total. The van der Waals surface area contributed by atoms with Gasteiger partial charge in [-0.2, -0.15) is 0 Å². The Bertz CT molecular complexity index is 254. The average Bonchev–Trinajstić information content (AvgIpc) is 2.75. The molecule has 78 valence electrons. The van der Waals surface area contributed by atoms with Crippen molar-refractivity contribution in [3.05, 3.63) is 0 Å². The minimum Gasteiger partial charge on any atom is -0.300 e. The Labute approximate surface area is 85.1 Å². The fraction of sp³-hybridized carbons (Fsp3) is 0.909. The summed E-state index contributed by atoms with van der Waals surface area (Å²) < 4.78 is 0. The molecular formula is C11H18N2O. The fourth-order valence-electron chi connectivity index (χ4n) is 3.28. The number of ketones is 1. The van der Waals surface area contributed by atoms with Gasteiger partial charge in [-0.3, -0.25) is 9.69 Å². The van der Waals surface area contributed by atoms with Crippen LogP contribution in [0.5, 0.6) is 0 Å². The molecule has 2 aliphatic heterocycles. The molecule has 0 N–H and O–H groups in total.